The molecule has 12 nitrogen and oxygen atoms in total. The summed E-state index contributed by atoms with van der Waals surface area (Å²) in [4.78, 5) is 52.5. The molecule has 6 rings (SSSR count). The van der Waals surface area contributed by atoms with Crippen molar-refractivity contribution in [2.24, 2.45) is 0 Å². The largest absolute Gasteiger partial charge is 0.465 e. The summed E-state index contributed by atoms with van der Waals surface area (Å²) in [7, 11) is 0. The molecule has 0 saturated carbocycles. The van der Waals surface area contributed by atoms with Crippen LogP contribution in [0.2, 0.25) is 5.02 Å². The van der Waals surface area contributed by atoms with Crippen LogP contribution in [0.15, 0.2) is 77.5 Å². The summed E-state index contributed by atoms with van der Waals surface area (Å²) >= 11 is 6.28. The molecule has 0 bridgehead atoms. The van der Waals surface area contributed by atoms with Gasteiger partial charge in [0, 0.05) is 46.8 Å². The number of anilines is 2. The zero-order valence-electron chi connectivity index (χ0n) is 24.0. The number of aromatic nitrogens is 1. The van der Waals surface area contributed by atoms with E-state index in [-0.39, 0.29) is 31.0 Å². The van der Waals surface area contributed by atoms with Crippen LogP contribution in [0, 0.1) is 6.92 Å². The Balaban J connectivity index is 1.25. The second-order valence-electron chi connectivity index (χ2n) is 11.0. The molecule has 3 aromatic carbocycles. The van der Waals surface area contributed by atoms with Gasteiger partial charge in [-0.3, -0.25) is 20.2 Å². The topological polar surface area (TPSA) is 163 Å². The minimum absolute atomic E-state index is 0.0836. The first-order chi connectivity index (χ1) is 21.6. The predicted molar refractivity (Wildman–Crippen MR) is 164 cm³/mol. The summed E-state index contributed by atoms with van der Waals surface area (Å²) < 4.78 is 10.8. The van der Waals surface area contributed by atoms with E-state index in [2.05, 4.69) is 21.1 Å². The van der Waals surface area contributed by atoms with E-state index in [9.17, 15) is 19.2 Å². The quantitative estimate of drug-likeness (QED) is 0.210. The van der Waals surface area contributed by atoms with Gasteiger partial charge in [0.15, 0.2) is 5.60 Å². The summed E-state index contributed by atoms with van der Waals surface area (Å²) in [5, 5.41) is 21.1. The van der Waals surface area contributed by atoms with Crippen molar-refractivity contribution >= 4 is 47.0 Å². The molecule has 4 aromatic rings. The third kappa shape index (κ3) is 6.18. The number of carbonyl (C=O) groups is 4. The summed E-state index contributed by atoms with van der Waals surface area (Å²) in [6, 6.07) is 17.5. The van der Waals surface area contributed by atoms with E-state index in [1.165, 1.54) is 24.3 Å². The zero-order chi connectivity index (χ0) is 31.7. The van der Waals surface area contributed by atoms with Crippen LogP contribution in [-0.2, 0) is 21.6 Å². The summed E-state index contributed by atoms with van der Waals surface area (Å²) in [6.07, 6.45) is 0.254. The van der Waals surface area contributed by atoms with Crippen molar-refractivity contribution in [2.75, 3.05) is 23.7 Å². The number of rotatable bonds is 7. The number of fused-ring (bicyclic) bond motifs is 2. The second kappa shape index (κ2) is 12.0. The maximum Gasteiger partial charge on any atom is 0.412 e. The van der Waals surface area contributed by atoms with Gasteiger partial charge in [-0.2, -0.15) is 0 Å². The number of likely N-dealkylation sites (tertiary alicyclic amines) is 1. The van der Waals surface area contributed by atoms with Crippen LogP contribution in [0.1, 0.15) is 33.6 Å². The highest BCUT2D eigenvalue weighted by molar-refractivity contribution is 6.30. The molecule has 1 unspecified atom stereocenters. The first-order valence-corrected chi connectivity index (χ1v) is 14.5. The Labute approximate surface area is 262 Å². The molecule has 230 valence electrons. The standard InChI is InChI=1S/C32H28ClN5O7/c1-18-24(16-44-37-18)20-4-2-19(3-5-20)14-27(35-28(39)21-6-9-23(10-7-21)34-30(41)42)29(40)38-13-12-32(17-38)25-15-22(33)8-11-26(25)36-31(43)45-32/h2-11,15-16,27,34H,12-14,17H2,1H3,(H,35,39)(H,36,43)(H,41,42)/t27?,32-/m0/s1. The Kier molecular flexibility index (Phi) is 7.90. The van der Waals surface area contributed by atoms with Crippen LogP contribution in [0.4, 0.5) is 21.0 Å². The lowest BCUT2D eigenvalue weighted by molar-refractivity contribution is -0.133. The van der Waals surface area contributed by atoms with Gasteiger partial charge in [-0.15, -0.1) is 0 Å². The molecule has 2 aliphatic rings. The number of ether oxygens (including phenoxy) is 1. The van der Waals surface area contributed by atoms with Crippen LogP contribution < -0.4 is 16.0 Å². The Morgan fingerprint density at radius 3 is 2.56 bits per heavy atom. The van der Waals surface area contributed by atoms with E-state index in [1.807, 2.05) is 31.2 Å². The van der Waals surface area contributed by atoms with Gasteiger partial charge in [-0.05, 0) is 60.5 Å². The average Bonchev–Trinajstić information content (AvgIpc) is 3.64. The minimum atomic E-state index is -1.23. The maximum absolute atomic E-state index is 14.1. The molecule has 45 heavy (non-hydrogen) atoms. The van der Waals surface area contributed by atoms with E-state index < -0.39 is 29.7 Å². The Bertz CT molecular complexity index is 1790. The summed E-state index contributed by atoms with van der Waals surface area (Å²) in [6.45, 7) is 2.21. The van der Waals surface area contributed by atoms with E-state index in [0.29, 0.717) is 28.4 Å². The molecule has 1 fully saturated rings. The lowest BCUT2D eigenvalue weighted by Gasteiger charge is -2.35. The van der Waals surface area contributed by atoms with Gasteiger partial charge >= 0.3 is 12.2 Å². The SMILES string of the molecule is Cc1nocc1-c1ccc(CC(NC(=O)c2ccc(NC(=O)O)cc2)C(=O)N2CC[C@@]3(C2)OC(=O)Nc2ccc(Cl)cc23)cc1. The third-order valence-electron chi connectivity index (χ3n) is 8.00. The Hall–Kier alpha value is -5.36. The van der Waals surface area contributed by atoms with Gasteiger partial charge in [-0.25, -0.2) is 9.59 Å². The number of halogens is 1. The monoisotopic (exact) mass is 629 g/mol. The first kappa shape index (κ1) is 29.7. The summed E-state index contributed by atoms with van der Waals surface area (Å²) in [5.41, 5.74) is 4.00. The van der Waals surface area contributed by atoms with E-state index >= 15 is 0 Å². The fraction of sp³-hybridized carbons (Fsp3) is 0.219. The molecule has 4 N–H and O–H groups in total. The molecule has 1 saturated heterocycles. The normalized spacial score (nSPS) is 17.6. The molecule has 1 spiro atoms. The van der Waals surface area contributed by atoms with Crippen LogP contribution in [0.5, 0.6) is 0 Å². The van der Waals surface area contributed by atoms with Crippen LogP contribution >= 0.6 is 11.6 Å². The molecular formula is C32H28ClN5O7. The lowest BCUT2D eigenvalue weighted by Crippen LogP contribution is -2.50. The Morgan fingerprint density at radius 2 is 1.87 bits per heavy atom. The van der Waals surface area contributed by atoms with Crippen molar-refractivity contribution in [3.05, 3.63) is 100 Å². The number of carboxylic acid groups (broad SMARTS) is 1. The second-order valence-corrected chi connectivity index (χ2v) is 11.4. The number of amides is 4. The van der Waals surface area contributed by atoms with Gasteiger partial charge in [0.05, 0.1) is 17.9 Å². The molecule has 3 heterocycles. The highest BCUT2D eigenvalue weighted by Crippen LogP contribution is 2.44. The molecule has 4 amide bonds. The van der Waals surface area contributed by atoms with Crippen LogP contribution in [0.25, 0.3) is 11.1 Å². The highest BCUT2D eigenvalue weighted by Gasteiger charge is 2.49. The average molecular weight is 630 g/mol. The van der Waals surface area contributed by atoms with Gasteiger partial charge < -0.3 is 24.6 Å². The van der Waals surface area contributed by atoms with E-state index in [1.54, 1.807) is 29.4 Å². The minimum Gasteiger partial charge on any atom is -0.465 e. The number of carbonyl (C=O) groups excluding carboxylic acids is 3. The first-order valence-electron chi connectivity index (χ1n) is 14.1. The van der Waals surface area contributed by atoms with Crippen molar-refractivity contribution in [1.82, 2.24) is 15.4 Å². The molecule has 0 radical (unpaired) electrons. The van der Waals surface area contributed by atoms with Crippen LogP contribution in [-0.4, -0.2) is 58.3 Å². The number of benzene rings is 3. The van der Waals surface area contributed by atoms with Crippen LogP contribution in [0.3, 0.4) is 0 Å². The zero-order valence-corrected chi connectivity index (χ0v) is 24.8. The van der Waals surface area contributed by atoms with Crippen molar-refractivity contribution in [3.8, 4) is 11.1 Å². The Morgan fingerprint density at radius 1 is 1.11 bits per heavy atom. The summed E-state index contributed by atoms with van der Waals surface area (Å²) in [5.74, 6) is -0.854. The number of aryl methyl sites for hydroxylation is 1. The van der Waals surface area contributed by atoms with Gasteiger partial charge in [-0.1, -0.05) is 41.0 Å². The van der Waals surface area contributed by atoms with E-state index in [4.69, 9.17) is 26.0 Å². The lowest BCUT2D eigenvalue weighted by atomic mass is 9.90. The molecular weight excluding hydrogens is 602 g/mol. The molecule has 13 heteroatoms. The van der Waals surface area contributed by atoms with Gasteiger partial charge in [0.25, 0.3) is 5.91 Å². The van der Waals surface area contributed by atoms with Gasteiger partial charge in [0.2, 0.25) is 5.91 Å². The predicted octanol–water partition coefficient (Wildman–Crippen LogP) is 5.42. The van der Waals surface area contributed by atoms with Gasteiger partial charge in [0.1, 0.15) is 12.3 Å². The fourth-order valence-electron chi connectivity index (χ4n) is 5.76. The fourth-order valence-corrected chi connectivity index (χ4v) is 5.93. The smallest absolute Gasteiger partial charge is 0.412 e. The van der Waals surface area contributed by atoms with Crippen molar-refractivity contribution in [2.45, 2.75) is 31.4 Å². The number of nitrogens with zero attached hydrogens (tertiary/aromatic N) is 2. The van der Waals surface area contributed by atoms with E-state index in [0.717, 1.165) is 22.4 Å². The number of hydrogen-bond acceptors (Lipinski definition) is 7. The molecule has 1 aromatic heterocycles. The number of hydrogen-bond donors (Lipinski definition) is 4. The molecule has 2 atom stereocenters. The number of nitrogens with one attached hydrogen (secondary N) is 3. The molecule has 0 aliphatic carbocycles. The third-order valence-corrected chi connectivity index (χ3v) is 8.23. The van der Waals surface area contributed by atoms with Crippen molar-refractivity contribution in [3.63, 3.8) is 0 Å². The van der Waals surface area contributed by atoms with Crippen molar-refractivity contribution in [1.29, 1.82) is 0 Å². The maximum atomic E-state index is 14.1. The van der Waals surface area contributed by atoms with Crippen molar-refractivity contribution < 1.29 is 33.5 Å². The highest BCUT2D eigenvalue weighted by atomic mass is 35.5. The molecule has 2 aliphatic heterocycles.